The molecular weight excluding hydrogens is 340 g/mol. The van der Waals surface area contributed by atoms with Crippen molar-refractivity contribution in [2.75, 3.05) is 32.6 Å². The molecule has 5 nitrogen and oxygen atoms in total. The topological polar surface area (TPSA) is 50.8 Å². The summed E-state index contributed by atoms with van der Waals surface area (Å²) in [5.41, 5.74) is 4.01. The highest BCUT2D eigenvalue weighted by atomic mass is 16.5. The van der Waals surface area contributed by atoms with Crippen molar-refractivity contribution in [3.05, 3.63) is 47.2 Å². The van der Waals surface area contributed by atoms with Crippen molar-refractivity contribution < 1.29 is 14.3 Å². The Morgan fingerprint density at radius 3 is 2.96 bits per heavy atom. The fourth-order valence-electron chi connectivity index (χ4n) is 6.18. The third-order valence-corrected chi connectivity index (χ3v) is 7.27. The van der Waals surface area contributed by atoms with Gasteiger partial charge in [-0.25, -0.2) is 4.79 Å². The standard InChI is InChI=1S/C22H26N2O3/c1-4-21-8-5-10-24-11-9-22(20(21)24)16-7-6-14(26-2)12-17(16)23-18(22)15(13-21)19(25)27-3/h5-8,12,20,23H,4,9-11,13H2,1-3H3/t20-,21-,22-/m0/s1. The van der Waals surface area contributed by atoms with Crippen LogP contribution < -0.4 is 10.1 Å². The van der Waals surface area contributed by atoms with E-state index in [2.05, 4.69) is 41.4 Å². The maximum absolute atomic E-state index is 12.8. The number of nitrogens with zero attached hydrogens (tertiary/aromatic N) is 1. The van der Waals surface area contributed by atoms with Crippen LogP contribution in [0, 0.1) is 5.41 Å². The van der Waals surface area contributed by atoms with Crippen molar-refractivity contribution in [1.82, 2.24) is 4.90 Å². The molecule has 0 aromatic heterocycles. The fourth-order valence-corrected chi connectivity index (χ4v) is 6.18. The normalized spacial score (nSPS) is 33.2. The number of carbonyl (C=O) groups excluding carboxylic acids is 1. The van der Waals surface area contributed by atoms with Gasteiger partial charge in [0.15, 0.2) is 0 Å². The number of nitrogens with one attached hydrogen (secondary N) is 1. The summed E-state index contributed by atoms with van der Waals surface area (Å²) in [6.45, 7) is 4.28. The number of rotatable bonds is 3. The zero-order valence-corrected chi connectivity index (χ0v) is 16.2. The Bertz CT molecular complexity index is 890. The Balaban J connectivity index is 1.80. The molecule has 1 aliphatic carbocycles. The van der Waals surface area contributed by atoms with Gasteiger partial charge in [0.2, 0.25) is 0 Å². The second kappa shape index (κ2) is 5.61. The van der Waals surface area contributed by atoms with Gasteiger partial charge in [0.05, 0.1) is 25.2 Å². The molecule has 1 spiro atoms. The molecule has 1 saturated heterocycles. The largest absolute Gasteiger partial charge is 0.497 e. The molecule has 1 aromatic carbocycles. The molecule has 3 heterocycles. The summed E-state index contributed by atoms with van der Waals surface area (Å²) < 4.78 is 10.7. The SMILES string of the molecule is CC[C@]12C=CCN3CC[C@]4(C(=C(C(=O)OC)C1)Nc1cc(OC)ccc14)[C@@H]32. The summed E-state index contributed by atoms with van der Waals surface area (Å²) in [4.78, 5) is 15.4. The van der Waals surface area contributed by atoms with Crippen molar-refractivity contribution in [1.29, 1.82) is 0 Å². The number of benzene rings is 1. The molecule has 1 fully saturated rings. The Kier molecular flexibility index (Phi) is 3.51. The summed E-state index contributed by atoms with van der Waals surface area (Å²) in [5.74, 6) is 0.622. The van der Waals surface area contributed by atoms with E-state index in [4.69, 9.17) is 9.47 Å². The number of hydrogen-bond donors (Lipinski definition) is 1. The van der Waals surface area contributed by atoms with Gasteiger partial charge in [-0.15, -0.1) is 0 Å². The van der Waals surface area contributed by atoms with E-state index >= 15 is 0 Å². The molecule has 5 rings (SSSR count). The molecule has 5 heteroatoms. The monoisotopic (exact) mass is 366 g/mol. The van der Waals surface area contributed by atoms with Gasteiger partial charge in [0, 0.05) is 42.0 Å². The molecular formula is C22H26N2O3. The molecule has 0 radical (unpaired) electrons. The minimum absolute atomic E-state index is 0.0367. The highest BCUT2D eigenvalue weighted by Crippen LogP contribution is 2.64. The molecule has 4 aliphatic rings. The summed E-state index contributed by atoms with van der Waals surface area (Å²) in [5, 5.41) is 3.62. The van der Waals surface area contributed by atoms with Gasteiger partial charge in [0.25, 0.3) is 0 Å². The number of hydrogen-bond acceptors (Lipinski definition) is 5. The average Bonchev–Trinajstić information content (AvgIpc) is 3.26. The maximum atomic E-state index is 12.8. The molecule has 27 heavy (non-hydrogen) atoms. The van der Waals surface area contributed by atoms with Crippen molar-refractivity contribution in [2.24, 2.45) is 5.41 Å². The van der Waals surface area contributed by atoms with Crippen LogP contribution in [0.15, 0.2) is 41.6 Å². The molecule has 3 aliphatic heterocycles. The number of fused-ring (bicyclic) bond motifs is 1. The van der Waals surface area contributed by atoms with Crippen molar-refractivity contribution >= 4 is 11.7 Å². The van der Waals surface area contributed by atoms with Gasteiger partial charge in [0.1, 0.15) is 5.75 Å². The van der Waals surface area contributed by atoms with Crippen LogP contribution in [0.5, 0.6) is 5.75 Å². The van der Waals surface area contributed by atoms with E-state index in [9.17, 15) is 4.79 Å². The lowest BCUT2D eigenvalue weighted by atomic mass is 9.55. The lowest BCUT2D eigenvalue weighted by Crippen LogP contribution is -2.58. The highest BCUT2D eigenvalue weighted by Gasteiger charge is 2.65. The van der Waals surface area contributed by atoms with E-state index in [-0.39, 0.29) is 16.8 Å². The van der Waals surface area contributed by atoms with E-state index in [1.165, 1.54) is 12.7 Å². The number of methoxy groups -OCH3 is 2. The lowest BCUT2D eigenvalue weighted by molar-refractivity contribution is -0.137. The summed E-state index contributed by atoms with van der Waals surface area (Å²) in [6, 6.07) is 6.65. The number of ether oxygens (including phenoxy) is 2. The van der Waals surface area contributed by atoms with E-state index in [1.807, 2.05) is 6.07 Å². The molecule has 142 valence electrons. The first-order valence-electron chi connectivity index (χ1n) is 9.79. The van der Waals surface area contributed by atoms with Crippen LogP contribution in [-0.2, 0) is 14.9 Å². The first-order chi connectivity index (χ1) is 13.1. The Hall–Kier alpha value is -2.27. The number of carbonyl (C=O) groups is 1. The minimum atomic E-state index is -0.208. The zero-order chi connectivity index (χ0) is 18.8. The molecule has 0 bridgehead atoms. The van der Waals surface area contributed by atoms with E-state index in [1.54, 1.807) is 7.11 Å². The Labute approximate surface area is 160 Å². The van der Waals surface area contributed by atoms with Crippen LogP contribution in [0.3, 0.4) is 0 Å². The van der Waals surface area contributed by atoms with Crippen molar-refractivity contribution in [2.45, 2.75) is 37.6 Å². The average molecular weight is 366 g/mol. The summed E-state index contributed by atoms with van der Waals surface area (Å²) in [7, 11) is 3.17. The fraction of sp³-hybridized carbons (Fsp3) is 0.500. The minimum Gasteiger partial charge on any atom is -0.497 e. The van der Waals surface area contributed by atoms with Gasteiger partial charge < -0.3 is 14.8 Å². The van der Waals surface area contributed by atoms with Crippen LogP contribution in [0.2, 0.25) is 0 Å². The van der Waals surface area contributed by atoms with Gasteiger partial charge in [-0.05, 0) is 30.9 Å². The van der Waals surface area contributed by atoms with Crippen LogP contribution in [-0.4, -0.2) is 44.2 Å². The van der Waals surface area contributed by atoms with Crippen molar-refractivity contribution in [3.63, 3.8) is 0 Å². The molecule has 0 unspecified atom stereocenters. The molecule has 3 atom stereocenters. The predicted octanol–water partition coefficient (Wildman–Crippen LogP) is 3.23. The first kappa shape index (κ1) is 16.9. The Morgan fingerprint density at radius 2 is 2.22 bits per heavy atom. The van der Waals surface area contributed by atoms with Gasteiger partial charge in [-0.2, -0.15) is 0 Å². The third-order valence-electron chi connectivity index (χ3n) is 7.27. The van der Waals surface area contributed by atoms with Crippen LogP contribution in [0.4, 0.5) is 5.69 Å². The Morgan fingerprint density at radius 1 is 1.37 bits per heavy atom. The van der Waals surface area contributed by atoms with Crippen LogP contribution in [0.25, 0.3) is 0 Å². The summed E-state index contributed by atoms with van der Waals surface area (Å²) in [6.07, 6.45) is 7.41. The van der Waals surface area contributed by atoms with E-state index in [0.717, 1.165) is 55.1 Å². The van der Waals surface area contributed by atoms with Crippen molar-refractivity contribution in [3.8, 4) is 5.75 Å². The van der Waals surface area contributed by atoms with Gasteiger partial charge in [-0.1, -0.05) is 25.1 Å². The van der Waals surface area contributed by atoms with Gasteiger partial charge in [-0.3, -0.25) is 4.90 Å². The van der Waals surface area contributed by atoms with E-state index in [0.29, 0.717) is 6.04 Å². The lowest BCUT2D eigenvalue weighted by Gasteiger charge is -2.53. The van der Waals surface area contributed by atoms with Crippen LogP contribution in [0.1, 0.15) is 31.7 Å². The zero-order valence-electron chi connectivity index (χ0n) is 16.2. The first-order valence-corrected chi connectivity index (χ1v) is 9.79. The number of anilines is 1. The van der Waals surface area contributed by atoms with E-state index < -0.39 is 0 Å². The quantitative estimate of drug-likeness (QED) is 0.657. The molecule has 0 saturated carbocycles. The maximum Gasteiger partial charge on any atom is 0.335 e. The van der Waals surface area contributed by atoms with Gasteiger partial charge >= 0.3 is 5.97 Å². The third kappa shape index (κ3) is 1.95. The second-order valence-electron chi connectivity index (χ2n) is 8.17. The highest BCUT2D eigenvalue weighted by molar-refractivity contribution is 5.93. The second-order valence-corrected chi connectivity index (χ2v) is 8.17. The summed E-state index contributed by atoms with van der Waals surface area (Å²) >= 11 is 0. The van der Waals surface area contributed by atoms with Crippen LogP contribution >= 0.6 is 0 Å². The predicted molar refractivity (Wildman–Crippen MR) is 104 cm³/mol. The molecule has 1 aromatic rings. The molecule has 1 N–H and O–H groups in total. The number of esters is 1. The smallest absolute Gasteiger partial charge is 0.335 e. The molecule has 0 amide bonds.